The van der Waals surface area contributed by atoms with Gasteiger partial charge in [0.1, 0.15) is 5.69 Å². The number of nitrogens with zero attached hydrogens (tertiary/aromatic N) is 1. The summed E-state index contributed by atoms with van der Waals surface area (Å²) in [5, 5.41) is 0.669. The van der Waals surface area contributed by atoms with Crippen molar-refractivity contribution < 1.29 is 4.42 Å². The maximum atomic E-state index is 6.19. The molecule has 0 amide bonds. The summed E-state index contributed by atoms with van der Waals surface area (Å²) >= 11 is 6.19. The van der Waals surface area contributed by atoms with Crippen LogP contribution in [0.1, 0.15) is 17.1 Å². The molecule has 3 heteroatoms. The zero-order valence-corrected chi connectivity index (χ0v) is 9.58. The quantitative estimate of drug-likeness (QED) is 0.690. The Bertz CT molecular complexity index is 583. The second-order valence-corrected chi connectivity index (χ2v) is 4.23. The summed E-state index contributed by atoms with van der Waals surface area (Å²) in [7, 11) is 0. The van der Waals surface area contributed by atoms with Gasteiger partial charge in [-0.15, -0.1) is 0 Å². The van der Waals surface area contributed by atoms with Crippen molar-refractivity contribution in [3.8, 4) is 11.3 Å². The minimum Gasteiger partial charge on any atom is -0.440 e. The number of allylic oxidation sites excluding steroid dienone is 1. The lowest BCUT2D eigenvalue weighted by Gasteiger charge is -2.02. The number of hydrogen-bond acceptors (Lipinski definition) is 2. The molecule has 0 saturated heterocycles. The summed E-state index contributed by atoms with van der Waals surface area (Å²) < 4.78 is 5.65. The maximum Gasteiger partial charge on any atom is 0.192 e. The predicted octanol–water partition coefficient (Wildman–Crippen LogP) is 3.79. The van der Waals surface area contributed by atoms with Crippen LogP contribution in [-0.4, -0.2) is 4.98 Å². The van der Waals surface area contributed by atoms with Gasteiger partial charge in [-0.1, -0.05) is 41.9 Å². The van der Waals surface area contributed by atoms with Crippen molar-refractivity contribution in [2.45, 2.75) is 13.3 Å². The van der Waals surface area contributed by atoms with Crippen molar-refractivity contribution in [3.05, 3.63) is 47.5 Å². The highest BCUT2D eigenvalue weighted by molar-refractivity contribution is 6.49. The Balaban J connectivity index is 2.34. The van der Waals surface area contributed by atoms with E-state index in [-0.39, 0.29) is 0 Å². The van der Waals surface area contributed by atoms with Crippen LogP contribution in [0.4, 0.5) is 0 Å². The molecule has 1 heterocycles. The third kappa shape index (κ3) is 1.38. The van der Waals surface area contributed by atoms with Crippen LogP contribution in [-0.2, 0) is 6.42 Å². The fraction of sp³-hybridized carbons (Fsp3) is 0.154. The van der Waals surface area contributed by atoms with E-state index in [1.807, 2.05) is 31.2 Å². The zero-order chi connectivity index (χ0) is 11.1. The lowest BCUT2D eigenvalue weighted by Crippen LogP contribution is -1.84. The van der Waals surface area contributed by atoms with Crippen molar-refractivity contribution in [2.24, 2.45) is 0 Å². The molecule has 2 nitrogen and oxygen atoms in total. The topological polar surface area (TPSA) is 26.0 Å². The fourth-order valence-electron chi connectivity index (χ4n) is 1.99. The first-order valence-corrected chi connectivity index (χ1v) is 5.55. The van der Waals surface area contributed by atoms with Crippen LogP contribution in [0, 0.1) is 6.92 Å². The van der Waals surface area contributed by atoms with Gasteiger partial charge in [0.15, 0.2) is 11.7 Å². The highest BCUT2D eigenvalue weighted by atomic mass is 35.5. The van der Waals surface area contributed by atoms with E-state index in [1.54, 1.807) is 0 Å². The molecule has 80 valence electrons. The van der Waals surface area contributed by atoms with Crippen LogP contribution in [0.2, 0.25) is 0 Å². The minimum absolute atomic E-state index is 0.647. The Kier molecular flexibility index (Phi) is 2.11. The van der Waals surface area contributed by atoms with Crippen molar-refractivity contribution in [1.29, 1.82) is 0 Å². The van der Waals surface area contributed by atoms with Gasteiger partial charge in [0.2, 0.25) is 0 Å². The molecule has 2 aromatic rings. The third-order valence-corrected chi connectivity index (χ3v) is 3.06. The molecule has 0 atom stereocenters. The van der Waals surface area contributed by atoms with Crippen molar-refractivity contribution in [1.82, 2.24) is 4.98 Å². The molecule has 0 saturated carbocycles. The summed E-state index contributed by atoms with van der Waals surface area (Å²) in [5.74, 6) is 1.43. The second kappa shape index (κ2) is 3.49. The predicted molar refractivity (Wildman–Crippen MR) is 64.2 cm³/mol. The Hall–Kier alpha value is -1.54. The number of aryl methyl sites for hydroxylation is 1. The zero-order valence-electron chi connectivity index (χ0n) is 8.83. The molecule has 0 fully saturated rings. The highest BCUT2D eigenvalue weighted by Gasteiger charge is 2.20. The van der Waals surface area contributed by atoms with E-state index in [0.717, 1.165) is 23.4 Å². The molecule has 3 rings (SSSR count). The molecule has 1 aromatic carbocycles. The highest BCUT2D eigenvalue weighted by Crippen LogP contribution is 2.36. The van der Waals surface area contributed by atoms with E-state index >= 15 is 0 Å². The first-order chi connectivity index (χ1) is 7.75. The van der Waals surface area contributed by atoms with Crippen molar-refractivity contribution in [3.63, 3.8) is 0 Å². The first-order valence-electron chi connectivity index (χ1n) is 5.17. The Morgan fingerprint density at radius 2 is 2.12 bits per heavy atom. The molecule has 16 heavy (non-hydrogen) atoms. The summed E-state index contributed by atoms with van der Waals surface area (Å²) in [4.78, 5) is 4.32. The van der Waals surface area contributed by atoms with Crippen LogP contribution >= 0.6 is 11.6 Å². The number of aromatic nitrogens is 1. The molecule has 0 spiro atoms. The Labute approximate surface area is 98.6 Å². The van der Waals surface area contributed by atoms with Gasteiger partial charge in [0, 0.05) is 12.5 Å². The summed E-state index contributed by atoms with van der Waals surface area (Å²) in [6.45, 7) is 1.83. The van der Waals surface area contributed by atoms with Gasteiger partial charge < -0.3 is 4.42 Å². The molecule has 0 unspecified atom stereocenters. The van der Waals surface area contributed by atoms with Crippen LogP contribution in [0.25, 0.3) is 16.4 Å². The summed E-state index contributed by atoms with van der Waals surface area (Å²) in [5.41, 5.74) is 3.06. The first kappa shape index (κ1) is 9.67. The lowest BCUT2D eigenvalue weighted by molar-refractivity contribution is 0.534. The van der Waals surface area contributed by atoms with Gasteiger partial charge in [-0.25, -0.2) is 4.98 Å². The molecule has 1 aromatic heterocycles. The molecule has 0 bridgehead atoms. The molecule has 0 aliphatic heterocycles. The Morgan fingerprint density at radius 1 is 1.31 bits per heavy atom. The van der Waals surface area contributed by atoms with Gasteiger partial charge in [0.05, 0.1) is 5.03 Å². The van der Waals surface area contributed by atoms with Crippen LogP contribution < -0.4 is 0 Å². The van der Waals surface area contributed by atoms with Crippen LogP contribution in [0.15, 0.2) is 34.8 Å². The number of rotatable bonds is 0. The molecule has 0 radical (unpaired) electrons. The normalized spacial score (nSPS) is 13.8. The second-order valence-electron chi connectivity index (χ2n) is 3.82. The van der Waals surface area contributed by atoms with Crippen LogP contribution in [0.5, 0.6) is 0 Å². The number of fused-ring (bicyclic) bond motifs is 3. The Morgan fingerprint density at radius 3 is 3.00 bits per heavy atom. The molecule has 1 aliphatic carbocycles. The average Bonchev–Trinajstić information content (AvgIpc) is 2.63. The van der Waals surface area contributed by atoms with Gasteiger partial charge in [-0.2, -0.15) is 0 Å². The standard InChI is InChI=1S/C13H10ClNO/c1-8-15-12-11(14)7-6-9-4-2-3-5-10(9)13(12)16-8/h2-5,7H,6H2,1H3. The van der Waals surface area contributed by atoms with Gasteiger partial charge in [-0.3, -0.25) is 0 Å². The average molecular weight is 232 g/mol. The number of benzene rings is 1. The largest absolute Gasteiger partial charge is 0.440 e. The number of oxazole rings is 1. The van der Waals surface area contributed by atoms with Crippen molar-refractivity contribution >= 4 is 16.6 Å². The van der Waals surface area contributed by atoms with Gasteiger partial charge in [-0.05, 0) is 12.0 Å². The smallest absolute Gasteiger partial charge is 0.192 e. The van der Waals surface area contributed by atoms with E-state index in [0.29, 0.717) is 10.9 Å². The number of halogens is 1. The van der Waals surface area contributed by atoms with E-state index in [4.69, 9.17) is 16.0 Å². The monoisotopic (exact) mass is 231 g/mol. The third-order valence-electron chi connectivity index (χ3n) is 2.72. The SMILES string of the molecule is Cc1nc2c(o1)-c1ccccc1CC=C2Cl. The fourth-order valence-corrected chi connectivity index (χ4v) is 2.19. The maximum absolute atomic E-state index is 6.19. The molecular weight excluding hydrogens is 222 g/mol. The lowest BCUT2D eigenvalue weighted by atomic mass is 10.0. The van der Waals surface area contributed by atoms with Gasteiger partial charge in [0.25, 0.3) is 0 Å². The van der Waals surface area contributed by atoms with E-state index in [2.05, 4.69) is 11.1 Å². The summed E-state index contributed by atoms with van der Waals surface area (Å²) in [6.07, 6.45) is 2.80. The van der Waals surface area contributed by atoms with Gasteiger partial charge >= 0.3 is 0 Å². The van der Waals surface area contributed by atoms with E-state index < -0.39 is 0 Å². The van der Waals surface area contributed by atoms with Crippen molar-refractivity contribution in [2.75, 3.05) is 0 Å². The minimum atomic E-state index is 0.647. The van der Waals surface area contributed by atoms with Crippen LogP contribution in [0.3, 0.4) is 0 Å². The number of hydrogen-bond donors (Lipinski definition) is 0. The van der Waals surface area contributed by atoms with E-state index in [1.165, 1.54) is 5.56 Å². The molecule has 0 N–H and O–H groups in total. The van der Waals surface area contributed by atoms with E-state index in [9.17, 15) is 0 Å². The summed E-state index contributed by atoms with van der Waals surface area (Å²) in [6, 6.07) is 8.15. The molecular formula is C13H10ClNO. The molecule has 1 aliphatic rings.